The van der Waals surface area contributed by atoms with Crippen molar-refractivity contribution in [3.05, 3.63) is 24.2 Å². The number of nitrogens with zero attached hydrogens (tertiary/aromatic N) is 1. The van der Waals surface area contributed by atoms with E-state index in [9.17, 15) is 4.79 Å². The molecular formula is C12H18N2O2. The summed E-state index contributed by atoms with van der Waals surface area (Å²) in [6.45, 7) is 4.26. The van der Waals surface area contributed by atoms with Crippen LogP contribution in [0, 0.1) is 0 Å². The number of carbonyl (C=O) groups is 1. The number of hydrogen-bond donors (Lipinski definition) is 1. The Morgan fingerprint density at radius 1 is 1.56 bits per heavy atom. The zero-order valence-corrected chi connectivity index (χ0v) is 9.61. The molecule has 16 heavy (non-hydrogen) atoms. The third-order valence-electron chi connectivity index (χ3n) is 2.91. The van der Waals surface area contributed by atoms with E-state index in [1.165, 1.54) is 0 Å². The maximum absolute atomic E-state index is 12.0. The summed E-state index contributed by atoms with van der Waals surface area (Å²) in [4.78, 5) is 13.9. The van der Waals surface area contributed by atoms with Crippen molar-refractivity contribution in [1.29, 1.82) is 0 Å². The van der Waals surface area contributed by atoms with Crippen LogP contribution < -0.4 is 5.32 Å². The summed E-state index contributed by atoms with van der Waals surface area (Å²) in [5, 5.41) is 3.22. The summed E-state index contributed by atoms with van der Waals surface area (Å²) >= 11 is 0. The van der Waals surface area contributed by atoms with E-state index >= 15 is 0 Å². The minimum Gasteiger partial charge on any atom is -0.467 e. The fraction of sp³-hybridized carbons (Fsp3) is 0.583. The van der Waals surface area contributed by atoms with Crippen LogP contribution in [0.4, 0.5) is 0 Å². The van der Waals surface area contributed by atoms with Crippen LogP contribution in [-0.4, -0.2) is 29.9 Å². The van der Waals surface area contributed by atoms with Crippen molar-refractivity contribution in [3.8, 4) is 0 Å². The highest BCUT2D eigenvalue weighted by Gasteiger charge is 2.22. The molecule has 88 valence electrons. The Balaban J connectivity index is 2.01. The Hall–Kier alpha value is -1.29. The first-order chi connectivity index (χ1) is 7.77. The molecule has 0 radical (unpaired) electrons. The van der Waals surface area contributed by atoms with Gasteiger partial charge in [-0.25, -0.2) is 0 Å². The molecule has 0 spiro atoms. The van der Waals surface area contributed by atoms with E-state index in [0.29, 0.717) is 6.54 Å². The highest BCUT2D eigenvalue weighted by molar-refractivity contribution is 5.81. The predicted octanol–water partition coefficient (Wildman–Crippen LogP) is 1.38. The maximum Gasteiger partial charge on any atom is 0.239 e. The Labute approximate surface area is 95.6 Å². The van der Waals surface area contributed by atoms with Gasteiger partial charge in [-0.05, 0) is 38.4 Å². The molecule has 1 aromatic heterocycles. The number of carbonyl (C=O) groups excluding carboxylic acids is 1. The Morgan fingerprint density at radius 3 is 3.19 bits per heavy atom. The molecular weight excluding hydrogens is 204 g/mol. The summed E-state index contributed by atoms with van der Waals surface area (Å²) in [7, 11) is 0. The minimum absolute atomic E-state index is 0.0877. The van der Waals surface area contributed by atoms with Crippen molar-refractivity contribution in [2.45, 2.75) is 32.4 Å². The zero-order chi connectivity index (χ0) is 11.4. The monoisotopic (exact) mass is 222 g/mol. The molecule has 4 nitrogen and oxygen atoms in total. The van der Waals surface area contributed by atoms with Gasteiger partial charge in [0.15, 0.2) is 0 Å². The van der Waals surface area contributed by atoms with Crippen LogP contribution >= 0.6 is 0 Å². The van der Waals surface area contributed by atoms with Gasteiger partial charge in [0.1, 0.15) is 5.76 Å². The van der Waals surface area contributed by atoms with E-state index in [0.717, 1.165) is 31.7 Å². The molecule has 1 aliphatic rings. The molecule has 1 aromatic rings. The van der Waals surface area contributed by atoms with E-state index in [-0.39, 0.29) is 11.9 Å². The standard InChI is InChI=1S/C12H18N2O2/c1-10-12(15)14(7-3-2-6-13-10)9-11-5-4-8-16-11/h4-5,8,10,13H,2-3,6-7,9H2,1H3. The molecule has 0 aliphatic carbocycles. The lowest BCUT2D eigenvalue weighted by Gasteiger charge is -2.28. The van der Waals surface area contributed by atoms with Crippen molar-refractivity contribution in [1.82, 2.24) is 10.2 Å². The van der Waals surface area contributed by atoms with Crippen LogP contribution in [0.5, 0.6) is 0 Å². The topological polar surface area (TPSA) is 45.5 Å². The smallest absolute Gasteiger partial charge is 0.239 e. The lowest BCUT2D eigenvalue weighted by atomic mass is 10.2. The number of amides is 1. The Morgan fingerprint density at radius 2 is 2.44 bits per heavy atom. The largest absolute Gasteiger partial charge is 0.467 e. The van der Waals surface area contributed by atoms with Gasteiger partial charge in [-0.1, -0.05) is 0 Å². The predicted molar refractivity (Wildman–Crippen MR) is 60.8 cm³/mol. The van der Waals surface area contributed by atoms with Crippen LogP contribution in [0.2, 0.25) is 0 Å². The molecule has 1 unspecified atom stereocenters. The van der Waals surface area contributed by atoms with Gasteiger partial charge >= 0.3 is 0 Å². The van der Waals surface area contributed by atoms with E-state index in [4.69, 9.17) is 4.42 Å². The number of nitrogens with one attached hydrogen (secondary N) is 1. The van der Waals surface area contributed by atoms with Gasteiger partial charge < -0.3 is 14.6 Å². The molecule has 1 fully saturated rings. The molecule has 0 saturated carbocycles. The van der Waals surface area contributed by atoms with Crippen molar-refractivity contribution < 1.29 is 9.21 Å². The molecule has 0 aromatic carbocycles. The second kappa shape index (κ2) is 5.16. The Kier molecular flexibility index (Phi) is 3.62. The quantitative estimate of drug-likeness (QED) is 0.822. The average Bonchev–Trinajstić information content (AvgIpc) is 2.77. The van der Waals surface area contributed by atoms with Crippen LogP contribution in [-0.2, 0) is 11.3 Å². The van der Waals surface area contributed by atoms with Crippen molar-refractivity contribution in [3.63, 3.8) is 0 Å². The second-order valence-corrected chi connectivity index (χ2v) is 4.22. The molecule has 1 aliphatic heterocycles. The molecule has 1 atom stereocenters. The van der Waals surface area contributed by atoms with Gasteiger partial charge in [-0.15, -0.1) is 0 Å². The van der Waals surface area contributed by atoms with Gasteiger partial charge in [-0.2, -0.15) is 0 Å². The first-order valence-corrected chi connectivity index (χ1v) is 5.82. The third-order valence-corrected chi connectivity index (χ3v) is 2.91. The Bertz CT molecular complexity index is 335. The van der Waals surface area contributed by atoms with Crippen LogP contribution in [0.25, 0.3) is 0 Å². The normalized spacial score (nSPS) is 22.9. The summed E-state index contributed by atoms with van der Waals surface area (Å²) in [6, 6.07) is 3.67. The van der Waals surface area contributed by atoms with Crippen molar-refractivity contribution in [2.75, 3.05) is 13.1 Å². The van der Waals surface area contributed by atoms with Crippen molar-refractivity contribution in [2.24, 2.45) is 0 Å². The number of rotatable bonds is 2. The number of hydrogen-bond acceptors (Lipinski definition) is 3. The minimum atomic E-state index is -0.0877. The van der Waals surface area contributed by atoms with Gasteiger partial charge in [0.2, 0.25) is 5.91 Å². The highest BCUT2D eigenvalue weighted by atomic mass is 16.3. The van der Waals surface area contributed by atoms with E-state index in [2.05, 4.69) is 5.32 Å². The van der Waals surface area contributed by atoms with E-state index in [1.54, 1.807) is 6.26 Å². The average molecular weight is 222 g/mol. The summed E-state index contributed by atoms with van der Waals surface area (Å²) in [5.41, 5.74) is 0. The highest BCUT2D eigenvalue weighted by Crippen LogP contribution is 2.10. The summed E-state index contributed by atoms with van der Waals surface area (Å²) in [6.07, 6.45) is 3.81. The molecule has 2 rings (SSSR count). The van der Waals surface area contributed by atoms with Crippen molar-refractivity contribution >= 4 is 5.91 Å². The lowest BCUT2D eigenvalue weighted by Crippen LogP contribution is -2.47. The molecule has 1 saturated heterocycles. The van der Waals surface area contributed by atoms with Gasteiger partial charge in [0.25, 0.3) is 0 Å². The van der Waals surface area contributed by atoms with Crippen LogP contribution in [0.15, 0.2) is 22.8 Å². The second-order valence-electron chi connectivity index (χ2n) is 4.22. The molecule has 1 N–H and O–H groups in total. The van der Waals surface area contributed by atoms with Gasteiger partial charge in [0, 0.05) is 6.54 Å². The maximum atomic E-state index is 12.0. The molecule has 1 amide bonds. The van der Waals surface area contributed by atoms with E-state index in [1.807, 2.05) is 24.0 Å². The fourth-order valence-electron chi connectivity index (χ4n) is 1.97. The molecule has 4 heteroatoms. The third kappa shape index (κ3) is 2.64. The SMILES string of the molecule is CC1NCCCCN(Cc2ccco2)C1=O. The first kappa shape index (κ1) is 11.2. The summed E-state index contributed by atoms with van der Waals surface area (Å²) in [5.74, 6) is 1.01. The van der Waals surface area contributed by atoms with Gasteiger partial charge in [-0.3, -0.25) is 4.79 Å². The van der Waals surface area contributed by atoms with Crippen LogP contribution in [0.3, 0.4) is 0 Å². The number of furan rings is 1. The van der Waals surface area contributed by atoms with Crippen LogP contribution in [0.1, 0.15) is 25.5 Å². The lowest BCUT2D eigenvalue weighted by molar-refractivity contribution is -0.134. The van der Waals surface area contributed by atoms with Gasteiger partial charge in [0.05, 0.1) is 18.8 Å². The zero-order valence-electron chi connectivity index (χ0n) is 9.61. The molecule has 0 bridgehead atoms. The van der Waals surface area contributed by atoms with E-state index < -0.39 is 0 Å². The fourth-order valence-corrected chi connectivity index (χ4v) is 1.97. The summed E-state index contributed by atoms with van der Waals surface area (Å²) < 4.78 is 5.28. The first-order valence-electron chi connectivity index (χ1n) is 5.82. The molecule has 2 heterocycles.